The van der Waals surface area contributed by atoms with E-state index in [0.29, 0.717) is 89.0 Å². The molecular formula is C66H77N11O12S2. The van der Waals surface area contributed by atoms with Gasteiger partial charge in [0.05, 0.1) is 76.2 Å². The van der Waals surface area contributed by atoms with Gasteiger partial charge in [-0.15, -0.1) is 0 Å². The van der Waals surface area contributed by atoms with Crippen LogP contribution in [0.25, 0.3) is 11.1 Å². The van der Waals surface area contributed by atoms with E-state index in [4.69, 9.17) is 33.7 Å². The number of hydrogen-bond donors (Lipinski definition) is 6. The molecule has 0 aliphatic carbocycles. The number of benzene rings is 4. The maximum atomic E-state index is 13.8. The summed E-state index contributed by atoms with van der Waals surface area (Å²) < 4.78 is 31.0. The van der Waals surface area contributed by atoms with Crippen molar-refractivity contribution in [2.45, 2.75) is 70.5 Å². The fourth-order valence-electron chi connectivity index (χ4n) is 9.83. The number of rotatable bonds is 29. The number of ether oxygens (including phenoxy) is 5. The highest BCUT2D eigenvalue weighted by molar-refractivity contribution is 7.97. The number of aldehydes is 2. The summed E-state index contributed by atoms with van der Waals surface area (Å²) in [6.45, 7) is 6.52. The van der Waals surface area contributed by atoms with Crippen LogP contribution in [0.5, 0.6) is 28.7 Å². The van der Waals surface area contributed by atoms with E-state index in [0.717, 1.165) is 53.1 Å². The second-order valence-electron chi connectivity index (χ2n) is 21.9. The van der Waals surface area contributed by atoms with E-state index < -0.39 is 11.9 Å². The third kappa shape index (κ3) is 18.5. The van der Waals surface area contributed by atoms with Gasteiger partial charge in [0, 0.05) is 105 Å². The number of thiol groups is 1. The molecule has 5 heterocycles. The molecule has 4 aliphatic rings. The third-order valence-electron chi connectivity index (χ3n) is 15.0. The van der Waals surface area contributed by atoms with Crippen LogP contribution >= 0.6 is 24.6 Å². The zero-order chi connectivity index (χ0) is 65.0. The summed E-state index contributed by atoms with van der Waals surface area (Å²) in [5, 5.41) is 13.6. The largest absolute Gasteiger partial charge is 0.497 e. The van der Waals surface area contributed by atoms with Gasteiger partial charge in [-0.25, -0.2) is 4.98 Å². The summed E-state index contributed by atoms with van der Waals surface area (Å²) in [6, 6.07) is 24.2. The fourth-order valence-corrected chi connectivity index (χ4v) is 11.1. The molecule has 0 bridgehead atoms. The number of carbonyl (C=O) groups excluding carboxylic acids is 7. The number of methoxy groups -OCH3 is 3. The van der Waals surface area contributed by atoms with Crippen LogP contribution in [0, 0.1) is 5.92 Å². The van der Waals surface area contributed by atoms with Crippen LogP contribution in [0.4, 0.5) is 28.7 Å². The number of fused-ring (bicyclic) bond motifs is 2. The molecule has 5 aromatic rings. The van der Waals surface area contributed by atoms with Crippen molar-refractivity contribution in [3.63, 3.8) is 0 Å². The van der Waals surface area contributed by atoms with Crippen LogP contribution in [0.3, 0.4) is 0 Å². The van der Waals surface area contributed by atoms with Crippen molar-refractivity contribution < 1.29 is 57.2 Å². The van der Waals surface area contributed by atoms with Crippen molar-refractivity contribution in [3.8, 4) is 28.7 Å². The second kappa shape index (κ2) is 33.1. The molecule has 3 atom stereocenters. The van der Waals surface area contributed by atoms with E-state index in [-0.39, 0.29) is 85.0 Å². The van der Waals surface area contributed by atoms with Gasteiger partial charge in [-0.1, -0.05) is 50.1 Å². The Balaban J connectivity index is 0.000000290. The van der Waals surface area contributed by atoms with Crippen molar-refractivity contribution in [2.24, 2.45) is 15.9 Å². The number of likely N-dealkylation sites (N-methyl/N-ethyl adjacent to an activating group) is 1. The van der Waals surface area contributed by atoms with Crippen molar-refractivity contribution in [2.75, 3.05) is 95.7 Å². The topological polar surface area (TPSA) is 273 Å². The number of nitrogens with one attached hydrogen (secondary N) is 5. The first-order valence-electron chi connectivity index (χ1n) is 29.8. The molecule has 23 nitrogen and oxygen atoms in total. The molecule has 0 saturated carbocycles. The quantitative estimate of drug-likeness (QED) is 0.00857. The number of hydrogen-bond acceptors (Lipinski definition) is 20. The Hall–Kier alpha value is -9.04. The molecule has 5 amide bonds. The van der Waals surface area contributed by atoms with E-state index in [1.165, 1.54) is 32.8 Å². The molecule has 3 unspecified atom stereocenters. The van der Waals surface area contributed by atoms with Crippen LogP contribution in [-0.2, 0) is 19.2 Å². The first-order chi connectivity index (χ1) is 44.0. The van der Waals surface area contributed by atoms with Gasteiger partial charge in [0.25, 0.3) is 11.8 Å². The van der Waals surface area contributed by atoms with Crippen LogP contribution in [-0.4, -0.2) is 172 Å². The summed E-state index contributed by atoms with van der Waals surface area (Å²) in [4.78, 5) is 103. The predicted molar refractivity (Wildman–Crippen MR) is 357 cm³/mol. The lowest BCUT2D eigenvalue weighted by Crippen LogP contribution is -2.39. The zero-order valence-electron chi connectivity index (χ0n) is 52.0. The second-order valence-corrected chi connectivity index (χ2v) is 23.5. The van der Waals surface area contributed by atoms with Crippen molar-refractivity contribution >= 4 is 119 Å². The molecule has 5 N–H and O–H groups in total. The Labute approximate surface area is 539 Å². The Morgan fingerprint density at radius 1 is 0.780 bits per heavy atom. The van der Waals surface area contributed by atoms with E-state index in [2.05, 4.69) is 59.6 Å². The average Bonchev–Trinajstić information content (AvgIpc) is 1.69. The molecule has 9 rings (SSSR count). The summed E-state index contributed by atoms with van der Waals surface area (Å²) in [5.41, 5.74) is 6.90. The maximum absolute atomic E-state index is 13.8. The van der Waals surface area contributed by atoms with Gasteiger partial charge < -0.3 is 64.9 Å². The average molecular weight is 1280 g/mol. The first-order valence-corrected chi connectivity index (χ1v) is 31.4. The van der Waals surface area contributed by atoms with E-state index in [1.54, 1.807) is 61.5 Å². The summed E-state index contributed by atoms with van der Waals surface area (Å²) in [6.07, 6.45) is 12.5. The molecular weight excluding hydrogens is 1200 g/mol. The Bertz CT molecular complexity index is 3560. The lowest BCUT2D eigenvalue weighted by molar-refractivity contribution is -0.116. The van der Waals surface area contributed by atoms with Crippen LogP contribution in [0.1, 0.15) is 94.6 Å². The molecule has 1 saturated heterocycles. The van der Waals surface area contributed by atoms with Crippen LogP contribution in [0.15, 0.2) is 107 Å². The number of anilines is 3. The summed E-state index contributed by atoms with van der Waals surface area (Å²) in [7, 11) is 8.39. The van der Waals surface area contributed by atoms with E-state index in [1.807, 2.05) is 81.8 Å². The SMILES string of the molecule is CC(C)C(C=O)NC(=O)c1cc(NC(=O)CCS)nc(NC(=O)CCSN2CCC2)c1.CNCC(=O)Nc1ccc(C2=CN(C)C(C=Nc3cc(OCCCOc4cc5c(cc4OC)C(=O)N4C=C(c6ccc(OC)cc6)CC4C=N5)c(OC)cc3C=O)C2)cc1. The lowest BCUT2D eigenvalue weighted by atomic mass is 10.0. The molecule has 0 radical (unpaired) electrons. The van der Waals surface area contributed by atoms with Gasteiger partial charge in [0.1, 0.15) is 23.7 Å². The van der Waals surface area contributed by atoms with Gasteiger partial charge in [-0.2, -0.15) is 12.6 Å². The minimum absolute atomic E-state index is 0.0427. The zero-order valence-corrected chi connectivity index (χ0v) is 53.7. The normalized spacial score (nSPS) is 16.0. The molecule has 1 fully saturated rings. The van der Waals surface area contributed by atoms with Crippen LogP contribution in [0.2, 0.25) is 0 Å². The Morgan fingerprint density at radius 2 is 1.43 bits per heavy atom. The number of pyridine rings is 1. The highest BCUT2D eigenvalue weighted by Crippen LogP contribution is 2.41. The maximum Gasteiger partial charge on any atom is 0.260 e. The monoisotopic (exact) mass is 1280 g/mol. The molecule has 0 spiro atoms. The highest BCUT2D eigenvalue weighted by atomic mass is 32.2. The van der Waals surface area contributed by atoms with Gasteiger partial charge in [-0.3, -0.25) is 43.1 Å². The minimum atomic E-state index is -0.653. The predicted octanol–water partition coefficient (Wildman–Crippen LogP) is 8.93. The van der Waals surface area contributed by atoms with Gasteiger partial charge in [-0.05, 0) is 102 Å². The number of aromatic nitrogens is 1. The minimum Gasteiger partial charge on any atom is -0.497 e. The van der Waals surface area contributed by atoms with Gasteiger partial charge in [0.2, 0.25) is 17.7 Å². The summed E-state index contributed by atoms with van der Waals surface area (Å²) >= 11 is 5.66. The standard InChI is InChI=1S/C46H48N6O8.C20H29N5O4S2/c1-47-25-45(54)50-34-11-7-29(8-12-34)31-17-35(51(2)26-31)23-48-39-21-43(41(57-4)19-33(39)28-53)59-15-6-16-60-44-22-40-38(20-42(44)58-5)46(55)52-27-32(18-36(52)24-49-40)30-9-13-37(56-3)14-10-30;1-13(2)15(12-26)21-20(29)14-10-16(23-18(27)4-8-30)22-17(11-14)24-19(28)5-9-31-25-6-3-7-25/h7-14,19-24,26-28,35-36,47H,6,15-18,25H2,1-5H3,(H,50,54);10-13,15,30H,3-9H2,1-2H3,(H,21,29)(H2,22,23,24,27,28). The number of aliphatic imine (C=N–C) groups is 2. The molecule has 480 valence electrons. The van der Waals surface area contributed by atoms with Crippen molar-refractivity contribution in [3.05, 3.63) is 125 Å². The van der Waals surface area contributed by atoms with Gasteiger partial charge in [0.15, 0.2) is 29.3 Å². The van der Waals surface area contributed by atoms with Crippen molar-refractivity contribution in [1.82, 2.24) is 29.7 Å². The number of amides is 5. The third-order valence-corrected chi connectivity index (χ3v) is 16.4. The van der Waals surface area contributed by atoms with Crippen LogP contribution < -0.4 is 50.3 Å². The Morgan fingerprint density at radius 3 is 2.03 bits per heavy atom. The Kier molecular flexibility index (Phi) is 24.7. The molecule has 1 aromatic heterocycles. The number of carbonyl (C=O) groups is 7. The first kappa shape index (κ1) is 67.9. The smallest absolute Gasteiger partial charge is 0.260 e. The van der Waals surface area contributed by atoms with E-state index >= 15 is 0 Å². The fraction of sp³-hybridized carbons (Fsp3) is 0.364. The molecule has 25 heteroatoms. The molecule has 4 aliphatic heterocycles. The summed E-state index contributed by atoms with van der Waals surface area (Å²) in [5.74, 6) is 2.40. The lowest BCUT2D eigenvalue weighted by Gasteiger charge is -2.28. The van der Waals surface area contributed by atoms with Gasteiger partial charge >= 0.3 is 0 Å². The molecule has 4 aromatic carbocycles. The number of nitrogens with zero attached hydrogens (tertiary/aromatic N) is 6. The highest BCUT2D eigenvalue weighted by Gasteiger charge is 2.34. The van der Waals surface area contributed by atoms with Crippen molar-refractivity contribution in [1.29, 1.82) is 0 Å². The molecule has 91 heavy (non-hydrogen) atoms. The van der Waals surface area contributed by atoms with E-state index in [9.17, 15) is 33.6 Å².